The van der Waals surface area contributed by atoms with Crippen molar-refractivity contribution in [1.29, 1.82) is 0 Å². The molecule has 0 aromatic carbocycles. The van der Waals surface area contributed by atoms with Crippen LogP contribution in [0, 0.1) is 0 Å². The van der Waals surface area contributed by atoms with E-state index in [0.717, 1.165) is 25.7 Å². The number of aliphatic hydroxyl groups is 3. The van der Waals surface area contributed by atoms with E-state index in [4.69, 9.17) is 0 Å². The van der Waals surface area contributed by atoms with Crippen LogP contribution in [0.4, 0.5) is 0 Å². The van der Waals surface area contributed by atoms with Gasteiger partial charge in [-0.1, -0.05) is 64.7 Å². The number of carbonyl (C=O) groups excluding carboxylic acids is 1. The van der Waals surface area contributed by atoms with E-state index in [2.05, 4.69) is 11.7 Å². The topological polar surface area (TPSA) is 124 Å². The number of hydrogen-bond acceptors (Lipinski definition) is 6. The lowest BCUT2D eigenvalue weighted by Gasteiger charge is -2.30. The second-order valence-electron chi connectivity index (χ2n) is 6.95. The molecule has 0 aromatic rings. The quantitative estimate of drug-likeness (QED) is 0.291. The summed E-state index contributed by atoms with van der Waals surface area (Å²) in [4.78, 5) is 22.7. The van der Waals surface area contributed by atoms with Gasteiger partial charge in [0.1, 0.15) is 6.10 Å². The number of aliphatic hydroxyl groups excluding tert-OH is 2. The van der Waals surface area contributed by atoms with Gasteiger partial charge in [-0.2, -0.15) is 0 Å². The van der Waals surface area contributed by atoms with Gasteiger partial charge in [-0.05, 0) is 12.8 Å². The number of carboxylic acid groups (broad SMARTS) is 1. The molecule has 0 aromatic heterocycles. The molecule has 25 heavy (non-hydrogen) atoms. The molecule has 0 spiro atoms. The fourth-order valence-corrected chi connectivity index (χ4v) is 3.20. The van der Waals surface area contributed by atoms with Crippen LogP contribution in [0.15, 0.2) is 0 Å². The van der Waals surface area contributed by atoms with Gasteiger partial charge in [-0.25, -0.2) is 9.59 Å². The first kappa shape index (κ1) is 21.9. The van der Waals surface area contributed by atoms with Crippen LogP contribution < -0.4 is 0 Å². The number of rotatable bonds is 13. The minimum atomic E-state index is -2.38. The van der Waals surface area contributed by atoms with Crippen LogP contribution in [0.25, 0.3) is 0 Å². The summed E-state index contributed by atoms with van der Waals surface area (Å²) in [6.07, 6.45) is 5.26. The van der Waals surface area contributed by atoms with Crippen LogP contribution in [0.5, 0.6) is 0 Å². The van der Waals surface area contributed by atoms with E-state index in [-0.39, 0.29) is 6.42 Å². The number of unbranched alkanes of at least 4 members (excludes halogenated alkanes) is 9. The van der Waals surface area contributed by atoms with E-state index < -0.39 is 35.9 Å². The Morgan fingerprint density at radius 2 is 1.48 bits per heavy atom. The Morgan fingerprint density at radius 1 is 1.00 bits per heavy atom. The van der Waals surface area contributed by atoms with Gasteiger partial charge in [0.05, 0.1) is 0 Å². The molecule has 0 aliphatic carbocycles. The molecule has 146 valence electrons. The van der Waals surface area contributed by atoms with Crippen molar-refractivity contribution in [3.8, 4) is 0 Å². The van der Waals surface area contributed by atoms with E-state index in [1.807, 2.05) is 0 Å². The van der Waals surface area contributed by atoms with Crippen molar-refractivity contribution in [2.45, 2.75) is 101 Å². The van der Waals surface area contributed by atoms with Gasteiger partial charge in [0.15, 0.2) is 12.2 Å². The molecular formula is C18H32O7. The van der Waals surface area contributed by atoms with E-state index in [1.165, 1.54) is 32.1 Å². The first-order chi connectivity index (χ1) is 11.8. The van der Waals surface area contributed by atoms with Crippen molar-refractivity contribution in [3.63, 3.8) is 0 Å². The molecule has 1 rings (SSSR count). The molecule has 0 bridgehead atoms. The van der Waals surface area contributed by atoms with Gasteiger partial charge in [0.2, 0.25) is 5.60 Å². The van der Waals surface area contributed by atoms with Crippen molar-refractivity contribution in [3.05, 3.63) is 0 Å². The Kier molecular flexibility index (Phi) is 9.38. The number of carbonyl (C=O) groups is 2. The molecule has 0 amide bonds. The molecule has 1 aliphatic rings. The summed E-state index contributed by atoms with van der Waals surface area (Å²) in [5.41, 5.74) is -2.38. The zero-order chi connectivity index (χ0) is 18.9. The van der Waals surface area contributed by atoms with E-state index in [0.29, 0.717) is 6.42 Å². The van der Waals surface area contributed by atoms with Crippen molar-refractivity contribution in [2.24, 2.45) is 0 Å². The number of esters is 1. The van der Waals surface area contributed by atoms with E-state index in [9.17, 15) is 30.0 Å². The summed E-state index contributed by atoms with van der Waals surface area (Å²) in [6, 6.07) is 0. The monoisotopic (exact) mass is 360 g/mol. The lowest BCUT2D eigenvalue weighted by Crippen LogP contribution is -2.54. The third-order valence-corrected chi connectivity index (χ3v) is 4.87. The van der Waals surface area contributed by atoms with Crippen molar-refractivity contribution < 1.29 is 34.8 Å². The Morgan fingerprint density at radius 3 is 1.88 bits per heavy atom. The predicted molar refractivity (Wildman–Crippen MR) is 90.9 cm³/mol. The fourth-order valence-electron chi connectivity index (χ4n) is 3.20. The molecule has 1 saturated heterocycles. The van der Waals surface area contributed by atoms with Gasteiger partial charge in [0.25, 0.3) is 0 Å². The molecule has 1 aliphatic heterocycles. The Bertz CT molecular complexity index is 426. The second-order valence-corrected chi connectivity index (χ2v) is 6.95. The molecule has 4 atom stereocenters. The normalized spacial score (nSPS) is 25.6. The largest absolute Gasteiger partial charge is 0.479 e. The molecule has 0 saturated carbocycles. The van der Waals surface area contributed by atoms with Crippen molar-refractivity contribution >= 4 is 11.9 Å². The average molecular weight is 360 g/mol. The highest BCUT2D eigenvalue weighted by atomic mass is 16.6. The minimum Gasteiger partial charge on any atom is -0.479 e. The predicted octanol–water partition coefficient (Wildman–Crippen LogP) is 1.76. The lowest BCUT2D eigenvalue weighted by molar-refractivity contribution is -0.184. The highest BCUT2D eigenvalue weighted by Gasteiger charge is 2.57. The van der Waals surface area contributed by atoms with Crippen LogP contribution in [0.1, 0.15) is 77.6 Å². The van der Waals surface area contributed by atoms with Crippen molar-refractivity contribution in [2.75, 3.05) is 0 Å². The van der Waals surface area contributed by atoms with Gasteiger partial charge in [-0.3, -0.25) is 0 Å². The summed E-state index contributed by atoms with van der Waals surface area (Å²) in [7, 11) is 0. The Balaban J connectivity index is 2.30. The van der Waals surface area contributed by atoms with Crippen LogP contribution in [-0.4, -0.2) is 56.3 Å². The molecular weight excluding hydrogens is 328 g/mol. The number of ether oxygens (including phenoxy) is 1. The standard InChI is InChI=1S/C18H32O7/c1-2-3-4-5-6-7-8-9-10-11-12-18(24,17(22)23)15-13(19)14(20)16(21)25-15/h13-15,19-20,24H,2-12H2,1H3,(H,22,23)/t13-,14+,15+,18-/m1/s1. The van der Waals surface area contributed by atoms with Gasteiger partial charge in [0, 0.05) is 0 Å². The van der Waals surface area contributed by atoms with Gasteiger partial charge < -0.3 is 25.2 Å². The fraction of sp³-hybridized carbons (Fsp3) is 0.889. The summed E-state index contributed by atoms with van der Waals surface area (Å²) >= 11 is 0. The maximum absolute atomic E-state index is 11.4. The Hall–Kier alpha value is -1.18. The first-order valence-corrected chi connectivity index (χ1v) is 9.37. The number of aliphatic carboxylic acids is 1. The number of carboxylic acids is 1. The smallest absolute Gasteiger partial charge is 0.339 e. The summed E-state index contributed by atoms with van der Waals surface area (Å²) in [5.74, 6) is -2.67. The number of hydrogen-bond donors (Lipinski definition) is 4. The van der Waals surface area contributed by atoms with E-state index >= 15 is 0 Å². The Labute approximate surface area is 149 Å². The first-order valence-electron chi connectivity index (χ1n) is 9.37. The van der Waals surface area contributed by atoms with E-state index in [1.54, 1.807) is 0 Å². The van der Waals surface area contributed by atoms with Gasteiger partial charge >= 0.3 is 11.9 Å². The third kappa shape index (κ3) is 6.24. The summed E-state index contributed by atoms with van der Waals surface area (Å²) in [5, 5.41) is 38.8. The summed E-state index contributed by atoms with van der Waals surface area (Å²) < 4.78 is 4.68. The number of cyclic esters (lactones) is 1. The minimum absolute atomic E-state index is 0.138. The molecule has 1 heterocycles. The maximum atomic E-state index is 11.4. The molecule has 4 N–H and O–H groups in total. The molecule has 7 nitrogen and oxygen atoms in total. The van der Waals surface area contributed by atoms with Crippen LogP contribution in [0.2, 0.25) is 0 Å². The zero-order valence-corrected chi connectivity index (χ0v) is 15.0. The van der Waals surface area contributed by atoms with Gasteiger partial charge in [-0.15, -0.1) is 0 Å². The molecule has 0 radical (unpaired) electrons. The second kappa shape index (κ2) is 10.7. The van der Waals surface area contributed by atoms with Crippen LogP contribution >= 0.6 is 0 Å². The third-order valence-electron chi connectivity index (χ3n) is 4.87. The average Bonchev–Trinajstić information content (AvgIpc) is 2.84. The lowest BCUT2D eigenvalue weighted by atomic mass is 9.86. The van der Waals surface area contributed by atoms with Crippen molar-refractivity contribution in [1.82, 2.24) is 0 Å². The molecule has 0 unspecified atom stereocenters. The molecule has 1 fully saturated rings. The molecule has 7 heteroatoms. The van der Waals surface area contributed by atoms with Crippen LogP contribution in [-0.2, 0) is 14.3 Å². The SMILES string of the molecule is CCCCCCCCCCCC[C@](O)(C(=O)O)[C@H]1OC(=O)[C@@H](O)[C@H]1O. The highest BCUT2D eigenvalue weighted by Crippen LogP contribution is 2.30. The maximum Gasteiger partial charge on any atom is 0.339 e. The summed E-state index contributed by atoms with van der Waals surface area (Å²) in [6.45, 7) is 2.19. The zero-order valence-electron chi connectivity index (χ0n) is 15.0. The van der Waals surface area contributed by atoms with Crippen LogP contribution in [0.3, 0.4) is 0 Å². The highest BCUT2D eigenvalue weighted by molar-refractivity contribution is 5.83.